The lowest BCUT2D eigenvalue weighted by molar-refractivity contribution is -0.175. The van der Waals surface area contributed by atoms with Crippen molar-refractivity contribution in [3.63, 3.8) is 0 Å². The third-order valence-corrected chi connectivity index (χ3v) is 4.98. The second-order valence-corrected chi connectivity index (χ2v) is 7.87. The van der Waals surface area contributed by atoms with E-state index in [1.54, 1.807) is 19.9 Å². The lowest BCUT2D eigenvalue weighted by atomic mass is 9.97. The van der Waals surface area contributed by atoms with Gasteiger partial charge in [-0.05, 0) is 31.1 Å². The Balaban J connectivity index is 1.79. The van der Waals surface area contributed by atoms with Crippen LogP contribution >= 0.6 is 0 Å². The molecule has 1 saturated heterocycles. The van der Waals surface area contributed by atoms with E-state index in [0.717, 1.165) is 11.1 Å². The van der Waals surface area contributed by atoms with Gasteiger partial charge in [-0.1, -0.05) is 60.7 Å². The highest BCUT2D eigenvalue weighted by Crippen LogP contribution is 2.39. The van der Waals surface area contributed by atoms with Gasteiger partial charge in [-0.2, -0.15) is 0 Å². The molecule has 1 N–H and O–H groups in total. The fraction of sp³-hybridized carbons (Fsp3) is 0.400. The Kier molecular flexibility index (Phi) is 8.55. The predicted octanol–water partition coefficient (Wildman–Crippen LogP) is 3.49. The molecule has 1 aliphatic rings. The van der Waals surface area contributed by atoms with E-state index in [-0.39, 0.29) is 6.79 Å². The van der Waals surface area contributed by atoms with Crippen molar-refractivity contribution >= 4 is 12.0 Å². The smallest absolute Gasteiger partial charge is 0.331 e. The van der Waals surface area contributed by atoms with Gasteiger partial charge in [0.1, 0.15) is 25.1 Å². The van der Waals surface area contributed by atoms with Crippen LogP contribution in [0.5, 0.6) is 0 Å². The SMILES string of the molecule is COCO[C@H](c1ccccc1)[C@H]1OC(C)(C)O[C@@H]1[C@H](CO)OC(=O)/C=C/c1ccccc1. The van der Waals surface area contributed by atoms with Crippen molar-refractivity contribution in [1.82, 2.24) is 0 Å². The number of carbonyl (C=O) groups is 1. The number of carbonyl (C=O) groups excluding carboxylic acids is 1. The number of aliphatic hydroxyl groups is 1. The lowest BCUT2D eigenvalue weighted by Crippen LogP contribution is -2.44. The second kappa shape index (κ2) is 11.4. The molecule has 1 fully saturated rings. The van der Waals surface area contributed by atoms with E-state index in [2.05, 4.69) is 0 Å². The van der Waals surface area contributed by atoms with E-state index in [9.17, 15) is 9.90 Å². The number of hydrogen-bond acceptors (Lipinski definition) is 7. The summed E-state index contributed by atoms with van der Waals surface area (Å²) in [6, 6.07) is 18.9. The molecule has 7 nitrogen and oxygen atoms in total. The monoisotopic (exact) mass is 442 g/mol. The van der Waals surface area contributed by atoms with Crippen LogP contribution in [-0.2, 0) is 28.5 Å². The summed E-state index contributed by atoms with van der Waals surface area (Å²) in [6.07, 6.45) is 0.0576. The topological polar surface area (TPSA) is 83.5 Å². The van der Waals surface area contributed by atoms with Gasteiger partial charge in [-0.25, -0.2) is 4.79 Å². The van der Waals surface area contributed by atoms with Crippen LogP contribution in [0, 0.1) is 0 Å². The summed E-state index contributed by atoms with van der Waals surface area (Å²) in [5.41, 5.74) is 1.72. The van der Waals surface area contributed by atoms with Gasteiger partial charge in [-0.3, -0.25) is 0 Å². The maximum Gasteiger partial charge on any atom is 0.331 e. The Hall–Kier alpha value is -2.55. The normalized spacial score (nSPS) is 22.0. The maximum absolute atomic E-state index is 12.5. The molecule has 2 aromatic rings. The van der Waals surface area contributed by atoms with E-state index in [4.69, 9.17) is 23.7 Å². The minimum absolute atomic E-state index is 0.0377. The van der Waals surface area contributed by atoms with Gasteiger partial charge in [-0.15, -0.1) is 0 Å². The summed E-state index contributed by atoms with van der Waals surface area (Å²) >= 11 is 0. The lowest BCUT2D eigenvalue weighted by Gasteiger charge is -2.30. The average Bonchev–Trinajstić information content (AvgIpc) is 3.12. The Morgan fingerprint density at radius 3 is 2.31 bits per heavy atom. The molecular weight excluding hydrogens is 412 g/mol. The van der Waals surface area contributed by atoms with Crippen LogP contribution in [0.1, 0.15) is 31.1 Å². The van der Waals surface area contributed by atoms with Crippen molar-refractivity contribution in [1.29, 1.82) is 0 Å². The highest BCUT2D eigenvalue weighted by atomic mass is 16.8. The van der Waals surface area contributed by atoms with Gasteiger partial charge in [0.2, 0.25) is 0 Å². The summed E-state index contributed by atoms with van der Waals surface area (Å²) in [7, 11) is 1.53. The molecule has 172 valence electrons. The molecule has 1 heterocycles. The van der Waals surface area contributed by atoms with Crippen LogP contribution in [0.25, 0.3) is 6.08 Å². The first-order chi connectivity index (χ1) is 15.4. The molecular formula is C25H30O7. The summed E-state index contributed by atoms with van der Waals surface area (Å²) < 4.78 is 28.8. The zero-order chi connectivity index (χ0) is 23.0. The van der Waals surface area contributed by atoms with Crippen molar-refractivity contribution in [3.8, 4) is 0 Å². The van der Waals surface area contributed by atoms with Crippen molar-refractivity contribution in [3.05, 3.63) is 77.9 Å². The average molecular weight is 443 g/mol. The molecule has 0 aromatic heterocycles. The van der Waals surface area contributed by atoms with Gasteiger partial charge in [0.05, 0.1) is 6.61 Å². The number of ether oxygens (including phenoxy) is 5. The van der Waals surface area contributed by atoms with Gasteiger partial charge in [0, 0.05) is 13.2 Å². The zero-order valence-electron chi connectivity index (χ0n) is 18.5. The van der Waals surface area contributed by atoms with Crippen LogP contribution in [0.4, 0.5) is 0 Å². The first kappa shape index (κ1) is 24.1. The molecule has 2 aromatic carbocycles. The quantitative estimate of drug-likeness (QED) is 0.343. The molecule has 0 amide bonds. The number of rotatable bonds is 10. The molecule has 0 saturated carbocycles. The summed E-state index contributed by atoms with van der Waals surface area (Å²) in [6.45, 7) is 3.14. The number of hydrogen-bond donors (Lipinski definition) is 1. The minimum atomic E-state index is -0.960. The molecule has 0 bridgehead atoms. The first-order valence-corrected chi connectivity index (χ1v) is 10.5. The van der Waals surface area contributed by atoms with Gasteiger partial charge in [0.15, 0.2) is 11.9 Å². The van der Waals surface area contributed by atoms with Crippen molar-refractivity contribution in [2.45, 2.75) is 44.1 Å². The summed E-state index contributed by atoms with van der Waals surface area (Å²) in [5.74, 6) is -1.55. The van der Waals surface area contributed by atoms with E-state index >= 15 is 0 Å². The van der Waals surface area contributed by atoms with Crippen LogP contribution in [-0.4, -0.2) is 55.7 Å². The molecule has 7 heteroatoms. The number of aliphatic hydroxyl groups excluding tert-OH is 1. The van der Waals surface area contributed by atoms with Gasteiger partial charge >= 0.3 is 5.97 Å². The van der Waals surface area contributed by atoms with E-state index in [0.29, 0.717) is 0 Å². The molecule has 32 heavy (non-hydrogen) atoms. The van der Waals surface area contributed by atoms with E-state index in [1.165, 1.54) is 13.2 Å². The molecule has 4 atom stereocenters. The van der Waals surface area contributed by atoms with Crippen molar-refractivity contribution in [2.75, 3.05) is 20.5 Å². The van der Waals surface area contributed by atoms with Crippen LogP contribution in [0.3, 0.4) is 0 Å². The molecule has 0 unspecified atom stereocenters. The molecule has 0 radical (unpaired) electrons. The highest BCUT2D eigenvalue weighted by Gasteiger charge is 2.50. The fourth-order valence-electron chi connectivity index (χ4n) is 3.63. The molecule has 1 aliphatic heterocycles. The fourth-order valence-corrected chi connectivity index (χ4v) is 3.63. The standard InChI is InChI=1S/C25H30O7/c1-25(2)31-23(20(16-26)30-21(27)15-14-18-10-6-4-7-11-18)24(32-25)22(29-17-28-3)19-12-8-5-9-13-19/h4-15,20,22-24,26H,16-17H2,1-3H3/b15-14+/t20-,22+,23+,24+/m0/s1. The van der Waals surface area contributed by atoms with Crippen LogP contribution < -0.4 is 0 Å². The number of esters is 1. The minimum Gasteiger partial charge on any atom is -0.454 e. The Labute approximate surface area is 188 Å². The van der Waals surface area contributed by atoms with E-state index in [1.807, 2.05) is 60.7 Å². The van der Waals surface area contributed by atoms with Crippen molar-refractivity contribution in [2.24, 2.45) is 0 Å². The summed E-state index contributed by atoms with van der Waals surface area (Å²) in [4.78, 5) is 12.5. The van der Waals surface area contributed by atoms with Crippen LogP contribution in [0.15, 0.2) is 66.7 Å². The third kappa shape index (κ3) is 6.48. The summed E-state index contributed by atoms with van der Waals surface area (Å²) in [5, 5.41) is 10.0. The number of benzene rings is 2. The largest absolute Gasteiger partial charge is 0.454 e. The molecule has 3 rings (SSSR count). The van der Waals surface area contributed by atoms with Gasteiger partial charge in [0.25, 0.3) is 0 Å². The Bertz CT molecular complexity index is 866. The Morgan fingerprint density at radius 2 is 1.69 bits per heavy atom. The second-order valence-electron chi connectivity index (χ2n) is 7.87. The molecule has 0 aliphatic carbocycles. The number of methoxy groups -OCH3 is 1. The first-order valence-electron chi connectivity index (χ1n) is 10.5. The van der Waals surface area contributed by atoms with Crippen LogP contribution in [0.2, 0.25) is 0 Å². The zero-order valence-corrected chi connectivity index (χ0v) is 18.5. The van der Waals surface area contributed by atoms with Crippen molar-refractivity contribution < 1.29 is 33.6 Å². The predicted molar refractivity (Wildman–Crippen MR) is 118 cm³/mol. The van der Waals surface area contributed by atoms with Gasteiger partial charge < -0.3 is 28.8 Å². The third-order valence-electron chi connectivity index (χ3n) is 4.98. The maximum atomic E-state index is 12.5. The van der Waals surface area contributed by atoms with E-state index < -0.39 is 42.8 Å². The highest BCUT2D eigenvalue weighted by molar-refractivity contribution is 5.87. The Morgan fingerprint density at radius 1 is 1.06 bits per heavy atom. The molecule has 0 spiro atoms.